The van der Waals surface area contributed by atoms with E-state index < -0.39 is 0 Å². The Morgan fingerprint density at radius 1 is 1.27 bits per heavy atom. The lowest BCUT2D eigenvalue weighted by molar-refractivity contribution is -0.139. The van der Waals surface area contributed by atoms with Crippen molar-refractivity contribution in [3.8, 4) is 0 Å². The minimum Gasteiger partial charge on any atom is -0.342 e. The zero-order valence-electron chi connectivity index (χ0n) is 16.5. The Hall–Kier alpha value is -1.85. The van der Waals surface area contributed by atoms with Gasteiger partial charge in [-0.25, -0.2) is 0 Å². The van der Waals surface area contributed by atoms with Gasteiger partial charge in [0.05, 0.1) is 5.69 Å². The number of amides is 2. The van der Waals surface area contributed by atoms with Gasteiger partial charge in [-0.05, 0) is 45.6 Å². The molecule has 2 saturated heterocycles. The summed E-state index contributed by atoms with van der Waals surface area (Å²) in [6.07, 6.45) is 5.81. The monoisotopic (exact) mass is 360 g/mol. The quantitative estimate of drug-likeness (QED) is 0.811. The summed E-state index contributed by atoms with van der Waals surface area (Å²) in [5.41, 5.74) is 1.65. The first kappa shape index (κ1) is 18.9. The molecule has 1 spiro atoms. The van der Waals surface area contributed by atoms with E-state index >= 15 is 0 Å². The Kier molecular flexibility index (Phi) is 5.68. The molecule has 3 heterocycles. The molecule has 1 atom stereocenters. The Balaban J connectivity index is 1.74. The second kappa shape index (κ2) is 7.80. The van der Waals surface area contributed by atoms with Gasteiger partial charge >= 0.3 is 0 Å². The van der Waals surface area contributed by atoms with Crippen LogP contribution in [0, 0.1) is 12.3 Å². The summed E-state index contributed by atoms with van der Waals surface area (Å²) in [5.74, 6) is 0.371. The number of rotatable bonds is 5. The summed E-state index contributed by atoms with van der Waals surface area (Å²) >= 11 is 0. The molecule has 1 aromatic heterocycles. The number of hydrogen-bond donors (Lipinski definition) is 0. The molecule has 1 aromatic rings. The van der Waals surface area contributed by atoms with Crippen molar-refractivity contribution in [2.45, 2.75) is 65.8 Å². The molecule has 3 rings (SSSR count). The van der Waals surface area contributed by atoms with Crippen molar-refractivity contribution in [1.82, 2.24) is 19.6 Å². The number of carbonyl (C=O) groups excluding carboxylic acids is 2. The lowest BCUT2D eigenvalue weighted by Crippen LogP contribution is -2.55. The molecule has 26 heavy (non-hydrogen) atoms. The Morgan fingerprint density at radius 2 is 2.08 bits per heavy atom. The highest BCUT2D eigenvalue weighted by molar-refractivity contribution is 5.93. The van der Waals surface area contributed by atoms with E-state index in [9.17, 15) is 9.59 Å². The van der Waals surface area contributed by atoms with E-state index in [2.05, 4.69) is 12.0 Å². The fourth-order valence-electron chi connectivity index (χ4n) is 4.49. The molecule has 2 aliphatic heterocycles. The maximum atomic E-state index is 13.1. The molecule has 0 unspecified atom stereocenters. The van der Waals surface area contributed by atoms with Crippen LogP contribution in [0.1, 0.15) is 68.6 Å². The van der Waals surface area contributed by atoms with Gasteiger partial charge in [-0.1, -0.05) is 13.3 Å². The number of likely N-dealkylation sites (tertiary alicyclic amines) is 2. The largest absolute Gasteiger partial charge is 0.342 e. The molecular formula is C20H32N4O2. The van der Waals surface area contributed by atoms with Gasteiger partial charge in [0.25, 0.3) is 5.91 Å². The normalized spacial score (nSPS) is 23.7. The van der Waals surface area contributed by atoms with Crippen LogP contribution in [-0.4, -0.2) is 57.6 Å². The fourth-order valence-corrected chi connectivity index (χ4v) is 4.49. The molecule has 6 nitrogen and oxygen atoms in total. The van der Waals surface area contributed by atoms with Crippen molar-refractivity contribution >= 4 is 11.8 Å². The number of aryl methyl sites for hydroxylation is 2. The summed E-state index contributed by atoms with van der Waals surface area (Å²) in [4.78, 5) is 29.4. The third-order valence-electron chi connectivity index (χ3n) is 5.90. The highest BCUT2D eigenvalue weighted by atomic mass is 16.2. The summed E-state index contributed by atoms with van der Waals surface area (Å²) < 4.78 is 1.80. The predicted octanol–water partition coefficient (Wildman–Crippen LogP) is 2.86. The summed E-state index contributed by atoms with van der Waals surface area (Å²) in [5, 5.41) is 4.42. The Morgan fingerprint density at radius 3 is 2.81 bits per heavy atom. The standard InChI is InChI=1S/C20H32N4O2/c1-4-6-11-22-14-20(10-8-18(22)25)9-7-12-23(15-20)19(26)17-13-16(3)21-24(17)5-2/h13H,4-12,14-15H2,1-3H3/t20-/m1/s1. The van der Waals surface area contributed by atoms with Crippen LogP contribution in [0.3, 0.4) is 0 Å². The van der Waals surface area contributed by atoms with Crippen LogP contribution in [0.15, 0.2) is 6.07 Å². The minimum absolute atomic E-state index is 0.0711. The van der Waals surface area contributed by atoms with Gasteiger partial charge in [0.2, 0.25) is 5.91 Å². The minimum atomic E-state index is 0.0711. The SMILES string of the molecule is CCCCN1C[C@@]2(CCCN(C(=O)c3cc(C)nn3CC)C2)CCC1=O. The molecule has 6 heteroatoms. The molecular weight excluding hydrogens is 328 g/mol. The Labute approximate surface area is 156 Å². The molecule has 2 fully saturated rings. The van der Waals surface area contributed by atoms with Gasteiger partial charge in [0.1, 0.15) is 5.69 Å². The maximum Gasteiger partial charge on any atom is 0.272 e. The van der Waals surface area contributed by atoms with Crippen molar-refractivity contribution < 1.29 is 9.59 Å². The highest BCUT2D eigenvalue weighted by Crippen LogP contribution is 2.39. The topological polar surface area (TPSA) is 58.4 Å². The van der Waals surface area contributed by atoms with Crippen LogP contribution in [0.4, 0.5) is 0 Å². The molecule has 144 valence electrons. The van der Waals surface area contributed by atoms with Crippen molar-refractivity contribution in [1.29, 1.82) is 0 Å². The molecule has 2 amide bonds. The zero-order valence-corrected chi connectivity index (χ0v) is 16.5. The number of nitrogens with zero attached hydrogens (tertiary/aromatic N) is 4. The van der Waals surface area contributed by atoms with Gasteiger partial charge in [0.15, 0.2) is 0 Å². The number of piperidine rings is 2. The smallest absolute Gasteiger partial charge is 0.272 e. The van der Waals surface area contributed by atoms with Crippen LogP contribution >= 0.6 is 0 Å². The number of aromatic nitrogens is 2. The lowest BCUT2D eigenvalue weighted by Gasteiger charge is -2.48. The molecule has 0 aromatic carbocycles. The molecule has 0 aliphatic carbocycles. The van der Waals surface area contributed by atoms with Crippen LogP contribution in [0.2, 0.25) is 0 Å². The van der Waals surface area contributed by atoms with E-state index in [4.69, 9.17) is 0 Å². The molecule has 0 bridgehead atoms. The molecule has 0 N–H and O–H groups in total. The number of hydrogen-bond acceptors (Lipinski definition) is 3. The van der Waals surface area contributed by atoms with E-state index in [1.165, 1.54) is 0 Å². The van der Waals surface area contributed by atoms with Gasteiger partial charge in [-0.2, -0.15) is 5.10 Å². The highest BCUT2D eigenvalue weighted by Gasteiger charge is 2.42. The van der Waals surface area contributed by atoms with E-state index in [0.29, 0.717) is 18.7 Å². The van der Waals surface area contributed by atoms with Crippen molar-refractivity contribution in [3.05, 3.63) is 17.5 Å². The van der Waals surface area contributed by atoms with Gasteiger partial charge in [-0.3, -0.25) is 14.3 Å². The summed E-state index contributed by atoms with van der Waals surface area (Å²) in [6, 6.07) is 1.89. The second-order valence-corrected chi connectivity index (χ2v) is 7.99. The van der Waals surface area contributed by atoms with E-state index in [1.807, 2.05) is 29.7 Å². The maximum absolute atomic E-state index is 13.1. The Bertz CT molecular complexity index is 669. The first-order chi connectivity index (χ1) is 12.5. The first-order valence-corrected chi connectivity index (χ1v) is 10.1. The van der Waals surface area contributed by atoms with E-state index in [0.717, 1.165) is 64.0 Å². The summed E-state index contributed by atoms with van der Waals surface area (Å²) in [6.45, 7) is 10.0. The van der Waals surface area contributed by atoms with E-state index in [-0.39, 0.29) is 17.2 Å². The number of unbranched alkanes of at least 4 members (excludes halogenated alkanes) is 1. The molecule has 2 aliphatic rings. The van der Waals surface area contributed by atoms with Crippen LogP contribution in [-0.2, 0) is 11.3 Å². The van der Waals surface area contributed by atoms with Crippen molar-refractivity contribution in [3.63, 3.8) is 0 Å². The van der Waals surface area contributed by atoms with Crippen LogP contribution in [0.5, 0.6) is 0 Å². The average molecular weight is 361 g/mol. The first-order valence-electron chi connectivity index (χ1n) is 10.1. The number of carbonyl (C=O) groups is 2. The molecule has 0 radical (unpaired) electrons. The van der Waals surface area contributed by atoms with Gasteiger partial charge < -0.3 is 9.80 Å². The third-order valence-corrected chi connectivity index (χ3v) is 5.90. The van der Waals surface area contributed by atoms with Crippen molar-refractivity contribution in [2.24, 2.45) is 5.41 Å². The van der Waals surface area contributed by atoms with Gasteiger partial charge in [-0.15, -0.1) is 0 Å². The second-order valence-electron chi connectivity index (χ2n) is 7.99. The van der Waals surface area contributed by atoms with Crippen LogP contribution < -0.4 is 0 Å². The average Bonchev–Trinajstić information content (AvgIpc) is 3.03. The van der Waals surface area contributed by atoms with Crippen LogP contribution in [0.25, 0.3) is 0 Å². The molecule has 0 saturated carbocycles. The summed E-state index contributed by atoms with van der Waals surface area (Å²) in [7, 11) is 0. The fraction of sp³-hybridized carbons (Fsp3) is 0.750. The zero-order chi connectivity index (χ0) is 18.7. The van der Waals surface area contributed by atoms with Gasteiger partial charge in [0, 0.05) is 44.6 Å². The predicted molar refractivity (Wildman–Crippen MR) is 101 cm³/mol. The van der Waals surface area contributed by atoms with Crippen molar-refractivity contribution in [2.75, 3.05) is 26.2 Å². The lowest BCUT2D eigenvalue weighted by atomic mass is 9.73. The third kappa shape index (κ3) is 3.79. The van der Waals surface area contributed by atoms with E-state index in [1.54, 1.807) is 4.68 Å².